The smallest absolute Gasteiger partial charge is 0.415 e. The van der Waals surface area contributed by atoms with Gasteiger partial charge in [-0.05, 0) is 86.8 Å². The monoisotopic (exact) mass is 721 g/mol. The average Bonchev–Trinajstić information content (AvgIpc) is 3.14. The van der Waals surface area contributed by atoms with Gasteiger partial charge in [-0.2, -0.15) is 0 Å². The number of hydrogen-bond acceptors (Lipinski definition) is 11. The minimum absolute atomic E-state index is 0.0222. The van der Waals surface area contributed by atoms with E-state index in [1.165, 1.54) is 24.3 Å². The molecule has 1 heterocycles. The lowest BCUT2D eigenvalue weighted by Crippen LogP contribution is -2.70. The third-order valence-corrected chi connectivity index (χ3v) is 10.3. The predicted octanol–water partition coefficient (Wildman–Crippen LogP) is 6.86. The molecule has 5 rings (SSSR count). The Morgan fingerprint density at radius 2 is 1.85 bits per heavy atom. The van der Waals surface area contributed by atoms with Crippen molar-refractivity contribution < 1.29 is 44.1 Å². The summed E-state index contributed by atoms with van der Waals surface area (Å²) < 4.78 is 19.8. The highest BCUT2D eigenvalue weighted by Gasteiger charge is 2.65. The van der Waals surface area contributed by atoms with Crippen molar-refractivity contribution in [3.63, 3.8) is 0 Å². The zero-order chi connectivity index (χ0) is 37.3. The van der Waals surface area contributed by atoms with E-state index in [2.05, 4.69) is 17.8 Å². The number of aromatic hydroxyl groups is 1. The molecule has 13 heteroatoms. The molecule has 0 saturated heterocycles. The van der Waals surface area contributed by atoms with Crippen LogP contribution in [0, 0.1) is 27.9 Å². The Kier molecular flexibility index (Phi) is 13.3. The number of amides is 1. The van der Waals surface area contributed by atoms with Crippen LogP contribution in [0.25, 0.3) is 0 Å². The van der Waals surface area contributed by atoms with Gasteiger partial charge >= 0.3 is 6.09 Å². The Morgan fingerprint density at radius 3 is 2.50 bits per heavy atom. The first-order valence-corrected chi connectivity index (χ1v) is 18.3. The number of phenolic OH excluding ortho intramolecular Hbond substituents is 1. The van der Waals surface area contributed by atoms with E-state index in [0.717, 1.165) is 36.8 Å². The molecule has 0 bridgehead atoms. The third kappa shape index (κ3) is 8.11. The zero-order valence-corrected chi connectivity index (χ0v) is 30.0. The van der Waals surface area contributed by atoms with Gasteiger partial charge in [0.2, 0.25) is 5.79 Å². The number of hydrogen-bond donors (Lipinski definition) is 3. The number of non-ortho nitro benzene ring substituents is 1. The molecule has 1 saturated carbocycles. The minimum atomic E-state index is -1.46. The lowest BCUT2D eigenvalue weighted by Gasteiger charge is -2.59. The van der Waals surface area contributed by atoms with Gasteiger partial charge in [-0.1, -0.05) is 37.1 Å². The molecule has 6 atom stereocenters. The van der Waals surface area contributed by atoms with Crippen molar-refractivity contribution in [1.29, 1.82) is 0 Å². The van der Waals surface area contributed by atoms with Crippen LogP contribution >= 0.6 is 0 Å². The fraction of sp³-hybridized carbons (Fsp3) is 0.538. The summed E-state index contributed by atoms with van der Waals surface area (Å²) >= 11 is 0. The standard InChI is InChI=1S/C39H51N3O10/c1-4-19-41(38(46)51-29-16-13-27(14-17-29)42(47)48)35-25-33(40-50-6-3)31-23-26(11-7-9-20-43)30(12-8-10-21-44)36-32-24-28(45)15-18-34(32)52-39(35,37(31)36)49-22-5-2/h5,13-18,23-24,26,30,35-37,43-45H,2,4,6-12,19-22,25H2,1,3H3/t26-,30+,35-,36+,37+,39+/m0/s1. The SMILES string of the molecule is C=CCO[C@@]12Oc3ccc(O)cc3[C@H]3[C@H](CCCCO)[C@@H](CCCCO)C=C(C(=NOCC)C[C@@H]1N(CCC)C(=O)Oc1ccc([N+](=O)[O-])cc1)[C@H]32. The first kappa shape index (κ1) is 38.8. The summed E-state index contributed by atoms with van der Waals surface area (Å²) in [5.74, 6) is -1.38. The number of unbranched alkanes of at least 4 members (excludes halogenated alkanes) is 2. The van der Waals surface area contributed by atoms with Gasteiger partial charge in [0.05, 0.1) is 23.2 Å². The van der Waals surface area contributed by atoms with Gasteiger partial charge in [-0.3, -0.25) is 15.0 Å². The lowest BCUT2D eigenvalue weighted by molar-refractivity contribution is -0.384. The van der Waals surface area contributed by atoms with Gasteiger partial charge in [-0.15, -0.1) is 6.58 Å². The molecule has 0 radical (unpaired) electrons. The van der Waals surface area contributed by atoms with E-state index >= 15 is 0 Å². The molecule has 282 valence electrons. The first-order valence-electron chi connectivity index (χ1n) is 18.3. The van der Waals surface area contributed by atoms with Gasteiger partial charge in [-0.25, -0.2) is 4.79 Å². The molecule has 1 fully saturated rings. The summed E-state index contributed by atoms with van der Waals surface area (Å²) in [5, 5.41) is 46.2. The first-order chi connectivity index (χ1) is 25.2. The Balaban J connectivity index is 1.71. The van der Waals surface area contributed by atoms with Crippen molar-refractivity contribution >= 4 is 17.5 Å². The number of nitro benzene ring substituents is 1. The maximum atomic E-state index is 14.3. The average molecular weight is 722 g/mol. The maximum absolute atomic E-state index is 14.3. The second-order valence-electron chi connectivity index (χ2n) is 13.5. The van der Waals surface area contributed by atoms with Crippen LogP contribution in [-0.4, -0.2) is 81.7 Å². The topological polar surface area (TPSA) is 173 Å². The quantitative estimate of drug-likeness (QED) is 0.0638. The third-order valence-electron chi connectivity index (χ3n) is 10.3. The molecule has 2 aromatic rings. The van der Waals surface area contributed by atoms with Crippen molar-refractivity contribution in [3.8, 4) is 17.2 Å². The number of carbonyl (C=O) groups excluding carboxylic acids is 1. The minimum Gasteiger partial charge on any atom is -0.508 e. The van der Waals surface area contributed by atoms with E-state index in [1.54, 1.807) is 29.2 Å². The number of allylic oxidation sites excluding steroid dienone is 1. The van der Waals surface area contributed by atoms with E-state index in [-0.39, 0.29) is 67.7 Å². The number of nitrogens with zero attached hydrogens (tertiary/aromatic N) is 3. The molecule has 2 aromatic carbocycles. The zero-order valence-electron chi connectivity index (χ0n) is 30.0. The van der Waals surface area contributed by atoms with Gasteiger partial charge in [0.15, 0.2) is 0 Å². The normalized spacial score (nSPS) is 25.3. The second kappa shape index (κ2) is 17.8. The Labute approximate surface area is 304 Å². The summed E-state index contributed by atoms with van der Waals surface area (Å²) in [6, 6.07) is 9.62. The Bertz CT molecular complexity index is 1610. The number of benzene rings is 2. The van der Waals surface area contributed by atoms with Crippen molar-refractivity contribution in [1.82, 2.24) is 4.90 Å². The number of aliphatic hydroxyl groups excluding tert-OH is 2. The van der Waals surface area contributed by atoms with Gasteiger partial charge in [0.25, 0.3) is 5.69 Å². The van der Waals surface area contributed by atoms with E-state index in [4.69, 9.17) is 19.0 Å². The van der Waals surface area contributed by atoms with Crippen molar-refractivity contribution in [2.24, 2.45) is 22.9 Å². The molecule has 3 N–H and O–H groups in total. The largest absolute Gasteiger partial charge is 0.508 e. The number of oxime groups is 1. The molecule has 2 aliphatic carbocycles. The number of fused-ring (bicyclic) bond motifs is 2. The summed E-state index contributed by atoms with van der Waals surface area (Å²) in [5.41, 5.74) is 2.23. The van der Waals surface area contributed by atoms with Crippen LogP contribution in [0.5, 0.6) is 17.2 Å². The maximum Gasteiger partial charge on any atom is 0.415 e. The molecule has 0 spiro atoms. The fourth-order valence-electron chi connectivity index (χ4n) is 8.21. The van der Waals surface area contributed by atoms with Crippen LogP contribution in [0.1, 0.15) is 76.7 Å². The van der Waals surface area contributed by atoms with E-state index in [0.29, 0.717) is 37.3 Å². The highest BCUT2D eigenvalue weighted by atomic mass is 16.7. The predicted molar refractivity (Wildman–Crippen MR) is 194 cm³/mol. The highest BCUT2D eigenvalue weighted by Crippen LogP contribution is 2.61. The summed E-state index contributed by atoms with van der Waals surface area (Å²) in [4.78, 5) is 32.3. The van der Waals surface area contributed by atoms with Crippen molar-refractivity contribution in [2.75, 3.05) is 33.0 Å². The lowest BCUT2D eigenvalue weighted by atomic mass is 9.55. The number of nitro groups is 1. The number of carbonyl (C=O) groups is 1. The molecule has 1 aliphatic heterocycles. The second-order valence-corrected chi connectivity index (χ2v) is 13.5. The van der Waals surface area contributed by atoms with Crippen molar-refractivity contribution in [3.05, 3.63) is 82.4 Å². The number of aliphatic hydroxyl groups is 2. The Morgan fingerprint density at radius 1 is 1.12 bits per heavy atom. The van der Waals surface area contributed by atoms with Crippen LogP contribution in [-0.2, 0) is 9.57 Å². The summed E-state index contributed by atoms with van der Waals surface area (Å²) in [6.45, 7) is 8.58. The molecule has 3 aliphatic rings. The van der Waals surface area contributed by atoms with Crippen LogP contribution < -0.4 is 9.47 Å². The molecule has 13 nitrogen and oxygen atoms in total. The van der Waals surface area contributed by atoms with E-state index in [9.17, 15) is 30.2 Å². The summed E-state index contributed by atoms with van der Waals surface area (Å²) in [7, 11) is 0. The van der Waals surface area contributed by atoms with Gasteiger partial charge in [0.1, 0.15) is 29.9 Å². The molecule has 1 amide bonds. The molecular formula is C39H51N3O10. The van der Waals surface area contributed by atoms with Gasteiger partial charge in [0, 0.05) is 49.8 Å². The summed E-state index contributed by atoms with van der Waals surface area (Å²) in [6.07, 6.45) is 8.43. The van der Waals surface area contributed by atoms with Crippen molar-refractivity contribution in [2.45, 2.75) is 83.0 Å². The Hall–Kier alpha value is -4.46. The van der Waals surface area contributed by atoms with Crippen LogP contribution in [0.3, 0.4) is 0 Å². The number of ether oxygens (including phenoxy) is 3. The van der Waals surface area contributed by atoms with Gasteiger partial charge < -0.3 is 34.4 Å². The number of phenols is 1. The number of rotatable bonds is 18. The molecule has 0 unspecified atom stereocenters. The fourth-order valence-corrected chi connectivity index (χ4v) is 8.21. The van der Waals surface area contributed by atoms with E-state index < -0.39 is 28.8 Å². The molecule has 0 aromatic heterocycles. The van der Waals surface area contributed by atoms with Crippen LogP contribution in [0.4, 0.5) is 10.5 Å². The highest BCUT2D eigenvalue weighted by molar-refractivity contribution is 6.03. The van der Waals surface area contributed by atoms with Crippen LogP contribution in [0.15, 0.2) is 71.9 Å². The van der Waals surface area contributed by atoms with Crippen LogP contribution in [0.2, 0.25) is 0 Å². The molecule has 52 heavy (non-hydrogen) atoms. The molecular weight excluding hydrogens is 670 g/mol. The van der Waals surface area contributed by atoms with E-state index in [1.807, 2.05) is 13.8 Å².